The van der Waals surface area contributed by atoms with Gasteiger partial charge in [0.05, 0.1) is 5.02 Å². The lowest BCUT2D eigenvalue weighted by molar-refractivity contribution is -0.122. The van der Waals surface area contributed by atoms with Crippen LogP contribution in [0.5, 0.6) is 0 Å². The monoisotopic (exact) mass is 269 g/mol. The Kier molecular flexibility index (Phi) is 4.03. The molecule has 1 aromatic rings. The first-order chi connectivity index (χ1) is 8.56. The molecule has 2 rings (SSSR count). The molecule has 0 aromatic heterocycles. The smallest absolute Gasteiger partial charge is 0.142 e. The van der Waals surface area contributed by atoms with Crippen LogP contribution < -0.4 is 5.73 Å². The fourth-order valence-electron chi connectivity index (χ4n) is 2.51. The summed E-state index contributed by atoms with van der Waals surface area (Å²) in [4.78, 5) is 12.0. The zero-order chi connectivity index (χ0) is 13.2. The van der Waals surface area contributed by atoms with Crippen LogP contribution in [0.15, 0.2) is 18.2 Å². The molecule has 0 aliphatic heterocycles. The Labute approximate surface area is 111 Å². The van der Waals surface area contributed by atoms with Crippen molar-refractivity contribution in [2.24, 2.45) is 11.1 Å². The van der Waals surface area contributed by atoms with Crippen LogP contribution >= 0.6 is 11.6 Å². The molecule has 2 nitrogen and oxygen atoms in total. The number of halogens is 2. The average Bonchev–Trinajstić information content (AvgIpc) is 2.30. The molecule has 18 heavy (non-hydrogen) atoms. The number of benzene rings is 1. The molecule has 1 aliphatic rings. The van der Waals surface area contributed by atoms with E-state index in [1.54, 1.807) is 12.1 Å². The minimum atomic E-state index is -0.473. The molecule has 98 valence electrons. The highest BCUT2D eigenvalue weighted by Crippen LogP contribution is 2.43. The predicted octanol–water partition coefficient (Wildman–Crippen LogP) is 3.11. The van der Waals surface area contributed by atoms with Crippen molar-refractivity contribution in [2.75, 3.05) is 6.54 Å². The zero-order valence-electron chi connectivity index (χ0n) is 10.2. The number of carbonyl (C=O) groups is 1. The van der Waals surface area contributed by atoms with E-state index in [0.717, 1.165) is 19.3 Å². The second-order valence-corrected chi connectivity index (χ2v) is 5.54. The van der Waals surface area contributed by atoms with E-state index >= 15 is 0 Å². The molecule has 0 radical (unpaired) electrons. The van der Waals surface area contributed by atoms with Crippen LogP contribution in [0.4, 0.5) is 4.39 Å². The van der Waals surface area contributed by atoms with Gasteiger partial charge < -0.3 is 5.73 Å². The zero-order valence-corrected chi connectivity index (χ0v) is 11.0. The molecule has 0 unspecified atom stereocenters. The van der Waals surface area contributed by atoms with Gasteiger partial charge in [-0.25, -0.2) is 4.39 Å². The molecular weight excluding hydrogens is 253 g/mol. The van der Waals surface area contributed by atoms with Gasteiger partial charge in [0.1, 0.15) is 11.6 Å². The number of ketones is 1. The molecule has 1 saturated carbocycles. The van der Waals surface area contributed by atoms with Gasteiger partial charge in [-0.3, -0.25) is 4.79 Å². The topological polar surface area (TPSA) is 43.1 Å². The molecule has 1 aliphatic carbocycles. The van der Waals surface area contributed by atoms with E-state index in [-0.39, 0.29) is 22.6 Å². The number of Topliss-reactive ketones (excluding diaryl/α,β-unsaturated/α-hetero) is 1. The summed E-state index contributed by atoms with van der Waals surface area (Å²) in [5.74, 6) is -0.383. The van der Waals surface area contributed by atoms with E-state index in [1.807, 2.05) is 0 Å². The average molecular weight is 270 g/mol. The van der Waals surface area contributed by atoms with Crippen LogP contribution in [0, 0.1) is 11.2 Å². The minimum Gasteiger partial charge on any atom is -0.330 e. The van der Waals surface area contributed by atoms with Gasteiger partial charge in [0.2, 0.25) is 0 Å². The summed E-state index contributed by atoms with van der Waals surface area (Å²) in [6.45, 7) is 0.551. The van der Waals surface area contributed by atoms with Crippen molar-refractivity contribution in [3.8, 4) is 0 Å². The number of hydrogen-bond donors (Lipinski definition) is 1. The Balaban J connectivity index is 2.01. The Morgan fingerprint density at radius 1 is 1.44 bits per heavy atom. The summed E-state index contributed by atoms with van der Waals surface area (Å²) in [6.07, 6.45) is 3.86. The molecule has 1 aromatic carbocycles. The molecular formula is C14H17ClFNO. The van der Waals surface area contributed by atoms with E-state index in [1.165, 1.54) is 6.07 Å². The molecule has 0 spiro atoms. The van der Waals surface area contributed by atoms with Gasteiger partial charge in [-0.15, -0.1) is 0 Å². The standard InChI is InChI=1S/C14H17ClFNO/c15-13-10(3-1-4-12(13)16)7-11(18)8-14(9-17)5-2-6-14/h1,3-4H,2,5-9,17H2. The first-order valence-corrected chi connectivity index (χ1v) is 6.59. The molecule has 0 heterocycles. The number of hydrogen-bond acceptors (Lipinski definition) is 2. The van der Waals surface area contributed by atoms with Crippen molar-refractivity contribution in [1.82, 2.24) is 0 Å². The largest absolute Gasteiger partial charge is 0.330 e. The summed E-state index contributed by atoms with van der Waals surface area (Å²) in [5, 5.41) is 0.0567. The van der Waals surface area contributed by atoms with Crippen LogP contribution in [0.3, 0.4) is 0 Å². The number of nitrogens with two attached hydrogens (primary N) is 1. The van der Waals surface area contributed by atoms with Gasteiger partial charge in [0, 0.05) is 12.8 Å². The van der Waals surface area contributed by atoms with Crippen LogP contribution in [0.1, 0.15) is 31.2 Å². The first-order valence-electron chi connectivity index (χ1n) is 6.21. The lowest BCUT2D eigenvalue weighted by Gasteiger charge is -2.40. The highest BCUT2D eigenvalue weighted by Gasteiger charge is 2.37. The predicted molar refractivity (Wildman–Crippen MR) is 70.1 cm³/mol. The van der Waals surface area contributed by atoms with Crippen LogP contribution in [-0.4, -0.2) is 12.3 Å². The summed E-state index contributed by atoms with van der Waals surface area (Å²) in [6, 6.07) is 4.56. The Morgan fingerprint density at radius 3 is 2.72 bits per heavy atom. The van der Waals surface area contributed by atoms with Crippen molar-refractivity contribution < 1.29 is 9.18 Å². The first kappa shape index (κ1) is 13.5. The Morgan fingerprint density at radius 2 is 2.17 bits per heavy atom. The second-order valence-electron chi connectivity index (χ2n) is 5.16. The quantitative estimate of drug-likeness (QED) is 0.893. The van der Waals surface area contributed by atoms with E-state index in [9.17, 15) is 9.18 Å². The van der Waals surface area contributed by atoms with Crippen molar-refractivity contribution in [2.45, 2.75) is 32.1 Å². The molecule has 0 bridgehead atoms. The van der Waals surface area contributed by atoms with Gasteiger partial charge in [-0.1, -0.05) is 30.2 Å². The van der Waals surface area contributed by atoms with Gasteiger partial charge in [-0.05, 0) is 36.4 Å². The summed E-state index contributed by atoms with van der Waals surface area (Å²) in [7, 11) is 0. The third-order valence-electron chi connectivity index (χ3n) is 3.84. The van der Waals surface area contributed by atoms with Gasteiger partial charge in [-0.2, -0.15) is 0 Å². The van der Waals surface area contributed by atoms with E-state index in [4.69, 9.17) is 17.3 Å². The molecule has 4 heteroatoms. The van der Waals surface area contributed by atoms with Crippen molar-refractivity contribution in [1.29, 1.82) is 0 Å². The SMILES string of the molecule is NCC1(CC(=O)Cc2cccc(F)c2Cl)CCC1. The third kappa shape index (κ3) is 2.73. The molecule has 0 amide bonds. The fraction of sp³-hybridized carbons (Fsp3) is 0.500. The second kappa shape index (κ2) is 5.37. The van der Waals surface area contributed by atoms with Gasteiger partial charge in [0.15, 0.2) is 0 Å². The maximum Gasteiger partial charge on any atom is 0.142 e. The van der Waals surface area contributed by atoms with E-state index < -0.39 is 5.82 Å². The van der Waals surface area contributed by atoms with Gasteiger partial charge in [0.25, 0.3) is 0 Å². The molecule has 0 saturated heterocycles. The van der Waals surface area contributed by atoms with E-state index in [0.29, 0.717) is 18.5 Å². The van der Waals surface area contributed by atoms with Crippen LogP contribution in [0.2, 0.25) is 5.02 Å². The highest BCUT2D eigenvalue weighted by atomic mass is 35.5. The normalized spacial score (nSPS) is 17.3. The molecule has 2 N–H and O–H groups in total. The number of carbonyl (C=O) groups excluding carboxylic acids is 1. The van der Waals surface area contributed by atoms with Gasteiger partial charge >= 0.3 is 0 Å². The van der Waals surface area contributed by atoms with E-state index in [2.05, 4.69) is 0 Å². The lowest BCUT2D eigenvalue weighted by Crippen LogP contribution is -2.39. The highest BCUT2D eigenvalue weighted by molar-refractivity contribution is 6.31. The number of rotatable bonds is 5. The van der Waals surface area contributed by atoms with Crippen molar-refractivity contribution in [3.05, 3.63) is 34.6 Å². The maximum absolute atomic E-state index is 13.2. The van der Waals surface area contributed by atoms with Crippen molar-refractivity contribution >= 4 is 17.4 Å². The fourth-order valence-corrected chi connectivity index (χ4v) is 2.70. The Hall–Kier alpha value is -0.930. The molecule has 1 fully saturated rings. The van der Waals surface area contributed by atoms with Crippen LogP contribution in [-0.2, 0) is 11.2 Å². The minimum absolute atomic E-state index is 0.00309. The summed E-state index contributed by atoms with van der Waals surface area (Å²) >= 11 is 5.84. The van der Waals surface area contributed by atoms with Crippen LogP contribution in [0.25, 0.3) is 0 Å². The lowest BCUT2D eigenvalue weighted by atomic mass is 9.65. The molecule has 0 atom stereocenters. The summed E-state index contributed by atoms with van der Waals surface area (Å²) < 4.78 is 13.2. The third-order valence-corrected chi connectivity index (χ3v) is 4.26. The maximum atomic E-state index is 13.2. The Bertz CT molecular complexity index is 452. The van der Waals surface area contributed by atoms with Crippen molar-refractivity contribution in [3.63, 3.8) is 0 Å². The summed E-state index contributed by atoms with van der Waals surface area (Å²) in [5.41, 5.74) is 6.29.